The van der Waals surface area contributed by atoms with Gasteiger partial charge in [-0.2, -0.15) is 0 Å². The lowest BCUT2D eigenvalue weighted by Crippen LogP contribution is -2.35. The Morgan fingerprint density at radius 1 is 1.35 bits per heavy atom. The Bertz CT molecular complexity index is 323. The van der Waals surface area contributed by atoms with Crippen LogP contribution in [-0.4, -0.2) is 24.0 Å². The molecule has 1 aliphatic heterocycles. The third kappa shape index (κ3) is 2.88. The molecule has 0 saturated carbocycles. The lowest BCUT2D eigenvalue weighted by molar-refractivity contribution is 0.168. The maximum absolute atomic E-state index is 5.73. The predicted molar refractivity (Wildman–Crippen MR) is 72.9 cm³/mol. The minimum Gasteiger partial charge on any atom is -0.330 e. The van der Waals surface area contributed by atoms with Crippen molar-refractivity contribution in [2.45, 2.75) is 44.7 Å². The number of likely N-dealkylation sites (tertiary alicyclic amines) is 1. The summed E-state index contributed by atoms with van der Waals surface area (Å²) in [4.78, 5) is 2.67. The lowest BCUT2D eigenvalue weighted by atomic mass is 10.0. The Morgan fingerprint density at radius 3 is 2.76 bits per heavy atom. The van der Waals surface area contributed by atoms with Crippen molar-refractivity contribution in [3.8, 4) is 0 Å². The number of benzene rings is 1. The summed E-state index contributed by atoms with van der Waals surface area (Å²) in [7, 11) is 0. The second-order valence-corrected chi connectivity index (χ2v) is 4.95. The van der Waals surface area contributed by atoms with Crippen LogP contribution in [0.4, 0.5) is 0 Å². The van der Waals surface area contributed by atoms with E-state index in [0.29, 0.717) is 12.1 Å². The topological polar surface area (TPSA) is 29.3 Å². The highest BCUT2D eigenvalue weighted by Crippen LogP contribution is 2.34. The third-order valence-corrected chi connectivity index (χ3v) is 3.92. The number of hydrogen-bond donors (Lipinski definition) is 1. The SMILES string of the molecule is CCC(CCN)N1CCCC1c1ccccc1. The summed E-state index contributed by atoms with van der Waals surface area (Å²) in [6.07, 6.45) is 4.95. The van der Waals surface area contributed by atoms with Gasteiger partial charge in [0.1, 0.15) is 0 Å². The first-order valence-corrected chi connectivity index (χ1v) is 6.87. The number of nitrogens with zero attached hydrogens (tertiary/aromatic N) is 1. The van der Waals surface area contributed by atoms with Crippen LogP contribution in [0.3, 0.4) is 0 Å². The standard InChI is InChI=1S/C15H24N2/c1-2-14(10-11-16)17-12-6-9-15(17)13-7-4-3-5-8-13/h3-5,7-8,14-15H,2,6,9-12,16H2,1H3. The molecular formula is C15H24N2. The predicted octanol–water partition coefficient (Wildman–Crippen LogP) is 2.95. The van der Waals surface area contributed by atoms with Gasteiger partial charge in [-0.25, -0.2) is 0 Å². The van der Waals surface area contributed by atoms with E-state index >= 15 is 0 Å². The lowest BCUT2D eigenvalue weighted by Gasteiger charge is -2.32. The van der Waals surface area contributed by atoms with Crippen LogP contribution in [0.2, 0.25) is 0 Å². The number of nitrogens with two attached hydrogens (primary N) is 1. The molecule has 2 rings (SSSR count). The monoisotopic (exact) mass is 232 g/mol. The quantitative estimate of drug-likeness (QED) is 0.845. The molecule has 0 amide bonds. The van der Waals surface area contributed by atoms with Crippen LogP contribution in [0, 0.1) is 0 Å². The molecule has 1 aliphatic rings. The highest BCUT2D eigenvalue weighted by Gasteiger charge is 2.30. The second kappa shape index (κ2) is 6.18. The summed E-state index contributed by atoms with van der Waals surface area (Å²) >= 11 is 0. The van der Waals surface area contributed by atoms with Crippen LogP contribution in [0.25, 0.3) is 0 Å². The zero-order valence-electron chi connectivity index (χ0n) is 10.8. The number of hydrogen-bond acceptors (Lipinski definition) is 2. The Labute approximate surface area is 105 Å². The molecule has 94 valence electrons. The van der Waals surface area contributed by atoms with Crippen LogP contribution in [0.1, 0.15) is 44.2 Å². The van der Waals surface area contributed by atoms with Gasteiger partial charge in [-0.1, -0.05) is 37.3 Å². The van der Waals surface area contributed by atoms with Crippen LogP contribution in [-0.2, 0) is 0 Å². The largest absolute Gasteiger partial charge is 0.330 e. The van der Waals surface area contributed by atoms with E-state index in [9.17, 15) is 0 Å². The average molecular weight is 232 g/mol. The first kappa shape index (κ1) is 12.6. The van der Waals surface area contributed by atoms with Gasteiger partial charge in [-0.15, -0.1) is 0 Å². The van der Waals surface area contributed by atoms with Gasteiger partial charge in [0.25, 0.3) is 0 Å². The normalized spacial score (nSPS) is 22.8. The van der Waals surface area contributed by atoms with Gasteiger partial charge in [0, 0.05) is 12.1 Å². The Hall–Kier alpha value is -0.860. The van der Waals surface area contributed by atoms with E-state index in [1.807, 2.05) is 0 Å². The minimum absolute atomic E-state index is 0.618. The molecule has 0 aliphatic carbocycles. The van der Waals surface area contributed by atoms with Gasteiger partial charge in [0.2, 0.25) is 0 Å². The Kier molecular flexibility index (Phi) is 4.57. The smallest absolute Gasteiger partial charge is 0.0351 e. The molecule has 0 spiro atoms. The van der Waals surface area contributed by atoms with Crippen molar-refractivity contribution in [1.29, 1.82) is 0 Å². The zero-order valence-corrected chi connectivity index (χ0v) is 10.8. The zero-order chi connectivity index (χ0) is 12.1. The maximum atomic E-state index is 5.73. The molecular weight excluding hydrogens is 208 g/mol. The van der Waals surface area contributed by atoms with Gasteiger partial charge in [0.05, 0.1) is 0 Å². The summed E-state index contributed by atoms with van der Waals surface area (Å²) < 4.78 is 0. The van der Waals surface area contributed by atoms with Crippen molar-refractivity contribution in [3.63, 3.8) is 0 Å². The van der Waals surface area contributed by atoms with Gasteiger partial charge < -0.3 is 5.73 Å². The van der Waals surface area contributed by atoms with Gasteiger partial charge in [-0.05, 0) is 44.3 Å². The van der Waals surface area contributed by atoms with Crippen molar-refractivity contribution >= 4 is 0 Å². The fourth-order valence-corrected chi connectivity index (χ4v) is 3.06. The molecule has 1 aromatic rings. The van der Waals surface area contributed by atoms with Crippen LogP contribution >= 0.6 is 0 Å². The molecule has 17 heavy (non-hydrogen) atoms. The molecule has 2 atom stereocenters. The van der Waals surface area contributed by atoms with Crippen molar-refractivity contribution in [3.05, 3.63) is 35.9 Å². The van der Waals surface area contributed by atoms with E-state index in [1.165, 1.54) is 31.4 Å². The minimum atomic E-state index is 0.618. The maximum Gasteiger partial charge on any atom is 0.0351 e. The van der Waals surface area contributed by atoms with Crippen molar-refractivity contribution in [2.75, 3.05) is 13.1 Å². The molecule has 1 fully saturated rings. The summed E-state index contributed by atoms with van der Waals surface area (Å²) in [5.74, 6) is 0. The van der Waals surface area contributed by atoms with E-state index in [4.69, 9.17) is 5.73 Å². The second-order valence-electron chi connectivity index (χ2n) is 4.95. The van der Waals surface area contributed by atoms with E-state index in [1.54, 1.807) is 0 Å². The highest BCUT2D eigenvalue weighted by atomic mass is 15.2. The van der Waals surface area contributed by atoms with E-state index < -0.39 is 0 Å². The summed E-state index contributed by atoms with van der Waals surface area (Å²) in [6.45, 7) is 4.31. The molecule has 2 N–H and O–H groups in total. The van der Waals surface area contributed by atoms with Crippen LogP contribution in [0.5, 0.6) is 0 Å². The molecule has 0 bridgehead atoms. The number of rotatable bonds is 5. The first-order chi connectivity index (χ1) is 8.36. The fourth-order valence-electron chi connectivity index (χ4n) is 3.06. The highest BCUT2D eigenvalue weighted by molar-refractivity contribution is 5.20. The van der Waals surface area contributed by atoms with Crippen LogP contribution < -0.4 is 5.73 Å². The molecule has 2 nitrogen and oxygen atoms in total. The van der Waals surface area contributed by atoms with Gasteiger partial charge in [0.15, 0.2) is 0 Å². The summed E-state index contributed by atoms with van der Waals surface area (Å²) in [5.41, 5.74) is 7.20. The van der Waals surface area contributed by atoms with E-state index in [2.05, 4.69) is 42.2 Å². The molecule has 0 radical (unpaired) electrons. The molecule has 1 saturated heterocycles. The average Bonchev–Trinajstić information content (AvgIpc) is 2.86. The Morgan fingerprint density at radius 2 is 2.12 bits per heavy atom. The summed E-state index contributed by atoms with van der Waals surface area (Å²) in [5, 5.41) is 0. The molecule has 1 aromatic carbocycles. The molecule has 2 unspecified atom stereocenters. The van der Waals surface area contributed by atoms with Crippen molar-refractivity contribution in [2.24, 2.45) is 5.73 Å². The molecule has 1 heterocycles. The molecule has 2 heteroatoms. The molecule has 0 aromatic heterocycles. The van der Waals surface area contributed by atoms with E-state index in [0.717, 1.165) is 13.0 Å². The van der Waals surface area contributed by atoms with E-state index in [-0.39, 0.29) is 0 Å². The van der Waals surface area contributed by atoms with Crippen molar-refractivity contribution < 1.29 is 0 Å². The van der Waals surface area contributed by atoms with Crippen LogP contribution in [0.15, 0.2) is 30.3 Å². The van der Waals surface area contributed by atoms with Gasteiger partial charge >= 0.3 is 0 Å². The fraction of sp³-hybridized carbons (Fsp3) is 0.600. The first-order valence-electron chi connectivity index (χ1n) is 6.87. The van der Waals surface area contributed by atoms with Gasteiger partial charge in [-0.3, -0.25) is 4.90 Å². The summed E-state index contributed by atoms with van der Waals surface area (Å²) in [6, 6.07) is 12.2. The third-order valence-electron chi connectivity index (χ3n) is 3.92. The van der Waals surface area contributed by atoms with Crippen molar-refractivity contribution in [1.82, 2.24) is 4.90 Å². The Balaban J connectivity index is 2.11.